The van der Waals surface area contributed by atoms with Crippen molar-refractivity contribution < 1.29 is 19.8 Å². The number of nitrogens with two attached hydrogens (primary N) is 1. The number of guanidine groups is 1. The number of nitrogens with zero attached hydrogens (tertiary/aromatic N) is 2. The molecule has 0 spiro atoms. The van der Waals surface area contributed by atoms with Crippen LogP contribution in [0.15, 0.2) is 4.99 Å². The van der Waals surface area contributed by atoms with Gasteiger partial charge in [0.2, 0.25) is 5.96 Å². The Morgan fingerprint density at radius 1 is 1.53 bits per heavy atom. The predicted molar refractivity (Wildman–Crippen MR) is 64.8 cm³/mol. The summed E-state index contributed by atoms with van der Waals surface area (Å²) < 4.78 is 2.75. The van der Waals surface area contributed by atoms with Crippen LogP contribution in [-0.2, 0) is 9.59 Å². The van der Waals surface area contributed by atoms with Crippen molar-refractivity contribution in [3.8, 4) is 0 Å². The van der Waals surface area contributed by atoms with Crippen LogP contribution in [0.4, 0.5) is 0 Å². The van der Waals surface area contributed by atoms with E-state index in [2.05, 4.69) is 9.71 Å². The highest BCUT2D eigenvalue weighted by Gasteiger charge is 2.13. The number of hydrogen-bond acceptors (Lipinski definition) is 5. The highest BCUT2D eigenvalue weighted by atomic mass is 32.2. The fraction of sp³-hybridized carbons (Fsp3) is 0.625. The summed E-state index contributed by atoms with van der Waals surface area (Å²) in [5.41, 5.74) is 5.29. The summed E-state index contributed by atoms with van der Waals surface area (Å²) >= 11 is 1.06. The number of rotatable bonds is 6. The molecule has 8 nitrogen and oxygen atoms in total. The van der Waals surface area contributed by atoms with Gasteiger partial charge in [-0.1, -0.05) is 0 Å². The molecule has 0 aliphatic heterocycles. The third-order valence-corrected chi connectivity index (χ3v) is 2.54. The van der Waals surface area contributed by atoms with Crippen molar-refractivity contribution >= 4 is 29.8 Å². The summed E-state index contributed by atoms with van der Waals surface area (Å²) in [7, 11) is 3.06. The molecule has 0 fully saturated rings. The van der Waals surface area contributed by atoms with Crippen molar-refractivity contribution in [2.45, 2.75) is 6.04 Å². The maximum atomic E-state index is 10.5. The summed E-state index contributed by atoms with van der Waals surface area (Å²) in [4.78, 5) is 26.1. The second-order valence-electron chi connectivity index (χ2n) is 3.15. The van der Waals surface area contributed by atoms with Crippen LogP contribution in [0.2, 0.25) is 0 Å². The minimum Gasteiger partial charge on any atom is -0.480 e. The lowest BCUT2D eigenvalue weighted by molar-refractivity contribution is -0.138. The first kappa shape index (κ1) is 15.5. The quantitative estimate of drug-likeness (QED) is 0.263. The summed E-state index contributed by atoms with van der Waals surface area (Å²) in [6.45, 7) is -0.203. The molecule has 5 N–H and O–H groups in total. The normalized spacial score (nSPS) is 13.0. The van der Waals surface area contributed by atoms with Crippen molar-refractivity contribution in [2.75, 3.05) is 26.4 Å². The van der Waals surface area contributed by atoms with Crippen LogP contribution in [-0.4, -0.2) is 65.4 Å². The van der Waals surface area contributed by atoms with E-state index in [4.69, 9.17) is 15.9 Å². The van der Waals surface area contributed by atoms with Crippen LogP contribution < -0.4 is 10.5 Å². The van der Waals surface area contributed by atoms with Gasteiger partial charge in [0.1, 0.15) is 12.6 Å². The van der Waals surface area contributed by atoms with E-state index < -0.39 is 18.0 Å². The first-order chi connectivity index (χ1) is 7.88. The van der Waals surface area contributed by atoms with Crippen molar-refractivity contribution in [1.82, 2.24) is 9.62 Å². The number of hydrogen-bond donors (Lipinski definition) is 4. The van der Waals surface area contributed by atoms with E-state index in [1.54, 1.807) is 7.05 Å². The molecule has 0 rings (SSSR count). The molecule has 0 aliphatic rings. The van der Waals surface area contributed by atoms with E-state index in [1.165, 1.54) is 11.9 Å². The molecule has 0 saturated carbocycles. The average Bonchev–Trinajstić information content (AvgIpc) is 2.22. The van der Waals surface area contributed by atoms with Crippen LogP contribution >= 0.6 is 11.9 Å². The van der Waals surface area contributed by atoms with E-state index in [0.29, 0.717) is 5.96 Å². The number of aliphatic carboxylic acids is 2. The van der Waals surface area contributed by atoms with Crippen molar-refractivity contribution in [2.24, 2.45) is 10.7 Å². The largest absolute Gasteiger partial charge is 0.480 e. The van der Waals surface area contributed by atoms with Crippen molar-refractivity contribution in [3.05, 3.63) is 0 Å². The highest BCUT2D eigenvalue weighted by Crippen LogP contribution is 1.98. The summed E-state index contributed by atoms with van der Waals surface area (Å²) in [5, 5.41) is 17.1. The van der Waals surface area contributed by atoms with E-state index >= 15 is 0 Å². The zero-order valence-corrected chi connectivity index (χ0v) is 10.4. The molecule has 0 heterocycles. The zero-order valence-electron chi connectivity index (χ0n) is 9.58. The topological polar surface area (TPSA) is 128 Å². The van der Waals surface area contributed by atoms with Crippen LogP contribution in [0.25, 0.3) is 0 Å². The summed E-state index contributed by atoms with van der Waals surface area (Å²) in [6.07, 6.45) is 0. The highest BCUT2D eigenvalue weighted by molar-refractivity contribution is 7.98. The first-order valence-corrected chi connectivity index (χ1v) is 5.63. The number of carboxylic acids is 2. The molecule has 0 bridgehead atoms. The standard InChI is InChI=1S/C8H16N4O4S/c1-10-8(12(2)3-6(13)14)11-17-4-5(9)7(15)16/h5H,3-4,9H2,1-2H3,(H,10,11)(H,13,14)(H,15,16)/t5-/m1/s1. The summed E-state index contributed by atoms with van der Waals surface area (Å²) in [5.74, 6) is -1.58. The third kappa shape index (κ3) is 6.64. The van der Waals surface area contributed by atoms with Gasteiger partial charge in [0.05, 0.1) is 0 Å². The number of carboxylic acid groups (broad SMARTS) is 2. The van der Waals surface area contributed by atoms with Crippen molar-refractivity contribution in [1.29, 1.82) is 0 Å². The number of likely N-dealkylation sites (N-methyl/N-ethyl adjacent to an activating group) is 1. The Balaban J connectivity index is 4.07. The molecule has 0 radical (unpaired) electrons. The molecule has 17 heavy (non-hydrogen) atoms. The van der Waals surface area contributed by atoms with Gasteiger partial charge >= 0.3 is 11.9 Å². The SMILES string of the molecule is CN=C(NSC[C@@H](N)C(=O)O)N(C)CC(=O)O. The lowest BCUT2D eigenvalue weighted by atomic mass is 10.4. The fourth-order valence-corrected chi connectivity index (χ4v) is 1.62. The number of nitrogens with one attached hydrogen (secondary N) is 1. The van der Waals surface area contributed by atoms with Gasteiger partial charge in [-0.25, -0.2) is 0 Å². The van der Waals surface area contributed by atoms with Gasteiger partial charge in [-0.15, -0.1) is 0 Å². The molecule has 0 aromatic carbocycles. The minimum absolute atomic E-state index is 0.148. The van der Waals surface area contributed by atoms with Crippen molar-refractivity contribution in [3.63, 3.8) is 0 Å². The number of aliphatic imine (C=N–C) groups is 1. The van der Waals surface area contributed by atoms with Gasteiger partial charge in [0.25, 0.3) is 0 Å². The Hall–Kier alpha value is -1.48. The van der Waals surface area contributed by atoms with Gasteiger partial charge in [0.15, 0.2) is 0 Å². The Labute approximate surface area is 103 Å². The third-order valence-electron chi connectivity index (χ3n) is 1.69. The maximum Gasteiger partial charge on any atom is 0.323 e. The van der Waals surface area contributed by atoms with Gasteiger partial charge < -0.3 is 25.6 Å². The van der Waals surface area contributed by atoms with Gasteiger partial charge in [-0.3, -0.25) is 14.6 Å². The molecule has 98 valence electrons. The Morgan fingerprint density at radius 2 is 2.12 bits per heavy atom. The molecular formula is C8H16N4O4S. The van der Waals surface area contributed by atoms with Gasteiger partial charge in [-0.2, -0.15) is 0 Å². The molecule has 0 aromatic heterocycles. The molecule has 9 heteroatoms. The van der Waals surface area contributed by atoms with Crippen LogP contribution in [0, 0.1) is 0 Å². The lowest BCUT2D eigenvalue weighted by Crippen LogP contribution is -2.40. The molecular weight excluding hydrogens is 248 g/mol. The molecule has 0 amide bonds. The molecule has 0 saturated heterocycles. The van der Waals surface area contributed by atoms with E-state index in [-0.39, 0.29) is 12.3 Å². The van der Waals surface area contributed by atoms with Crippen LogP contribution in [0.3, 0.4) is 0 Å². The second kappa shape index (κ2) is 7.74. The molecule has 0 aromatic rings. The minimum atomic E-state index is -1.09. The lowest BCUT2D eigenvalue weighted by Gasteiger charge is -2.19. The number of carbonyl (C=O) groups is 2. The second-order valence-corrected chi connectivity index (χ2v) is 3.98. The average molecular weight is 264 g/mol. The van der Waals surface area contributed by atoms with Crippen LogP contribution in [0.5, 0.6) is 0 Å². The van der Waals surface area contributed by atoms with Gasteiger partial charge in [-0.05, 0) is 11.9 Å². The van der Waals surface area contributed by atoms with Gasteiger partial charge in [0, 0.05) is 19.8 Å². The molecule has 1 atom stereocenters. The fourth-order valence-electron chi connectivity index (χ4n) is 0.839. The van der Waals surface area contributed by atoms with E-state index in [1.807, 2.05) is 0 Å². The monoisotopic (exact) mass is 264 g/mol. The zero-order chi connectivity index (χ0) is 13.4. The van der Waals surface area contributed by atoms with Crippen LogP contribution in [0.1, 0.15) is 0 Å². The molecule has 0 unspecified atom stereocenters. The first-order valence-electron chi connectivity index (χ1n) is 4.64. The molecule has 0 aliphatic carbocycles. The Morgan fingerprint density at radius 3 is 2.53 bits per heavy atom. The summed E-state index contributed by atoms with van der Waals surface area (Å²) in [6, 6.07) is -0.976. The Bertz CT molecular complexity index is 310. The Kier molecular flexibility index (Phi) is 7.06. The van der Waals surface area contributed by atoms with E-state index in [9.17, 15) is 9.59 Å². The maximum absolute atomic E-state index is 10.5. The van der Waals surface area contributed by atoms with E-state index in [0.717, 1.165) is 11.9 Å². The smallest absolute Gasteiger partial charge is 0.323 e. The predicted octanol–water partition coefficient (Wildman–Crippen LogP) is -1.36.